The third-order valence-electron chi connectivity index (χ3n) is 2.78. The molecular weight excluding hydrogens is 235 g/mol. The van der Waals surface area contributed by atoms with Crippen molar-refractivity contribution in [3.8, 4) is 5.75 Å². The lowest BCUT2D eigenvalue weighted by molar-refractivity contribution is 0.0942. The molecule has 0 aromatic heterocycles. The normalized spacial score (nSPS) is 12.3. The van der Waals surface area contributed by atoms with Gasteiger partial charge < -0.3 is 15.8 Å². The Balaban J connectivity index is 2.78. The maximum absolute atomic E-state index is 13.6. The highest BCUT2D eigenvalue weighted by atomic mass is 19.1. The van der Waals surface area contributed by atoms with Gasteiger partial charge in [-0.2, -0.15) is 0 Å². The highest BCUT2D eigenvalue weighted by Crippen LogP contribution is 2.20. The summed E-state index contributed by atoms with van der Waals surface area (Å²) < 4.78 is 18.6. The van der Waals surface area contributed by atoms with Gasteiger partial charge in [0.25, 0.3) is 5.91 Å². The fourth-order valence-corrected chi connectivity index (χ4v) is 1.43. The molecule has 0 aliphatic carbocycles. The molecule has 0 spiro atoms. The van der Waals surface area contributed by atoms with E-state index in [9.17, 15) is 9.18 Å². The smallest absolute Gasteiger partial charge is 0.258 e. The van der Waals surface area contributed by atoms with E-state index in [-0.39, 0.29) is 23.3 Å². The van der Waals surface area contributed by atoms with Gasteiger partial charge in [-0.1, -0.05) is 19.9 Å². The van der Waals surface area contributed by atoms with Crippen LogP contribution in [0.15, 0.2) is 18.2 Å². The summed E-state index contributed by atoms with van der Waals surface area (Å²) in [4.78, 5) is 11.9. The van der Waals surface area contributed by atoms with Crippen LogP contribution >= 0.6 is 0 Å². The summed E-state index contributed by atoms with van der Waals surface area (Å²) in [5, 5.41) is 2.61. The van der Waals surface area contributed by atoms with Crippen molar-refractivity contribution >= 4 is 5.91 Å². The second-order valence-electron chi connectivity index (χ2n) is 4.43. The van der Waals surface area contributed by atoms with E-state index >= 15 is 0 Å². The second-order valence-corrected chi connectivity index (χ2v) is 4.43. The molecule has 18 heavy (non-hydrogen) atoms. The number of hydrogen-bond acceptors (Lipinski definition) is 3. The van der Waals surface area contributed by atoms with Crippen LogP contribution in [0.25, 0.3) is 0 Å². The Bertz CT molecular complexity index is 421. The van der Waals surface area contributed by atoms with E-state index in [1.54, 1.807) is 6.07 Å². The van der Waals surface area contributed by atoms with Gasteiger partial charge in [0, 0.05) is 12.6 Å². The SMILES string of the molecule is COc1cccc(F)c1C(=O)NCC(N)C(C)C. The van der Waals surface area contributed by atoms with Gasteiger partial charge in [0.05, 0.1) is 7.11 Å². The first kappa shape index (κ1) is 14.4. The Kier molecular flexibility index (Phi) is 5.09. The van der Waals surface area contributed by atoms with E-state index in [4.69, 9.17) is 10.5 Å². The molecule has 0 aliphatic heterocycles. The number of ether oxygens (including phenoxy) is 1. The molecule has 1 unspecified atom stereocenters. The van der Waals surface area contributed by atoms with Crippen LogP contribution in [0, 0.1) is 11.7 Å². The van der Waals surface area contributed by atoms with Crippen LogP contribution in [0.2, 0.25) is 0 Å². The topological polar surface area (TPSA) is 64.3 Å². The molecule has 0 saturated heterocycles. The molecular formula is C13H19FN2O2. The lowest BCUT2D eigenvalue weighted by Crippen LogP contribution is -2.40. The van der Waals surface area contributed by atoms with Gasteiger partial charge in [-0.25, -0.2) is 4.39 Å². The maximum Gasteiger partial charge on any atom is 0.258 e. The summed E-state index contributed by atoms with van der Waals surface area (Å²) in [6.07, 6.45) is 0. The molecule has 1 aromatic carbocycles. The lowest BCUT2D eigenvalue weighted by Gasteiger charge is -2.17. The number of hydrogen-bond donors (Lipinski definition) is 2. The van der Waals surface area contributed by atoms with Crippen molar-refractivity contribution in [2.45, 2.75) is 19.9 Å². The van der Waals surface area contributed by atoms with Gasteiger partial charge in [-0.3, -0.25) is 4.79 Å². The predicted molar refractivity (Wildman–Crippen MR) is 68.1 cm³/mol. The van der Waals surface area contributed by atoms with Crippen molar-refractivity contribution in [3.05, 3.63) is 29.6 Å². The van der Waals surface area contributed by atoms with E-state index in [2.05, 4.69) is 5.32 Å². The fraction of sp³-hybridized carbons (Fsp3) is 0.462. The number of carbonyl (C=O) groups excluding carboxylic acids is 1. The minimum atomic E-state index is -0.607. The standard InChI is InChI=1S/C13H19FN2O2/c1-8(2)10(15)7-16-13(17)12-9(14)5-4-6-11(12)18-3/h4-6,8,10H,7,15H2,1-3H3,(H,16,17). The Labute approximate surface area is 106 Å². The second kappa shape index (κ2) is 6.35. The maximum atomic E-state index is 13.6. The molecule has 1 aromatic rings. The first-order valence-corrected chi connectivity index (χ1v) is 5.83. The van der Waals surface area contributed by atoms with Crippen LogP contribution in [0.5, 0.6) is 5.75 Å². The number of rotatable bonds is 5. The Morgan fingerprint density at radius 1 is 1.50 bits per heavy atom. The molecule has 0 bridgehead atoms. The van der Waals surface area contributed by atoms with Crippen molar-refractivity contribution in [3.63, 3.8) is 0 Å². The van der Waals surface area contributed by atoms with Gasteiger partial charge in [-0.15, -0.1) is 0 Å². The number of methoxy groups -OCH3 is 1. The summed E-state index contributed by atoms with van der Waals surface area (Å²) in [6, 6.07) is 4.09. The molecule has 4 nitrogen and oxygen atoms in total. The van der Waals surface area contributed by atoms with E-state index < -0.39 is 11.7 Å². The predicted octanol–water partition coefficient (Wildman–Crippen LogP) is 1.55. The molecule has 100 valence electrons. The molecule has 1 amide bonds. The number of nitrogens with one attached hydrogen (secondary N) is 1. The van der Waals surface area contributed by atoms with Crippen molar-refractivity contribution in [2.75, 3.05) is 13.7 Å². The van der Waals surface area contributed by atoms with Crippen LogP contribution in [0.3, 0.4) is 0 Å². The Morgan fingerprint density at radius 2 is 2.17 bits per heavy atom. The number of nitrogens with two attached hydrogens (primary N) is 1. The van der Waals surface area contributed by atoms with Crippen LogP contribution < -0.4 is 15.8 Å². The highest BCUT2D eigenvalue weighted by Gasteiger charge is 2.18. The minimum absolute atomic E-state index is 0.0871. The summed E-state index contributed by atoms with van der Waals surface area (Å²) in [7, 11) is 1.39. The highest BCUT2D eigenvalue weighted by molar-refractivity contribution is 5.97. The molecule has 3 N–H and O–H groups in total. The number of benzene rings is 1. The third-order valence-corrected chi connectivity index (χ3v) is 2.78. The summed E-state index contributed by atoms with van der Waals surface area (Å²) in [5.74, 6) is -0.663. The number of carbonyl (C=O) groups is 1. The van der Waals surface area contributed by atoms with E-state index in [0.29, 0.717) is 6.54 Å². The quantitative estimate of drug-likeness (QED) is 0.838. The van der Waals surface area contributed by atoms with Crippen molar-refractivity contribution < 1.29 is 13.9 Å². The van der Waals surface area contributed by atoms with Crippen LogP contribution in [-0.4, -0.2) is 25.6 Å². The third kappa shape index (κ3) is 3.43. The average Bonchev–Trinajstić information content (AvgIpc) is 2.34. The van der Waals surface area contributed by atoms with E-state index in [1.165, 1.54) is 19.2 Å². The molecule has 0 aliphatic rings. The zero-order valence-corrected chi connectivity index (χ0v) is 10.9. The number of halogens is 1. The number of amides is 1. The van der Waals surface area contributed by atoms with Crippen LogP contribution in [0.1, 0.15) is 24.2 Å². The summed E-state index contributed by atoms with van der Waals surface area (Å²) >= 11 is 0. The van der Waals surface area contributed by atoms with Gasteiger partial charge in [0.15, 0.2) is 0 Å². The molecule has 5 heteroatoms. The zero-order valence-electron chi connectivity index (χ0n) is 10.9. The van der Waals surface area contributed by atoms with E-state index in [0.717, 1.165) is 0 Å². The zero-order chi connectivity index (χ0) is 13.7. The van der Waals surface area contributed by atoms with Gasteiger partial charge in [0.2, 0.25) is 0 Å². The van der Waals surface area contributed by atoms with Gasteiger partial charge in [0.1, 0.15) is 17.1 Å². The molecule has 1 atom stereocenters. The largest absolute Gasteiger partial charge is 0.496 e. The Hall–Kier alpha value is -1.62. The minimum Gasteiger partial charge on any atom is -0.496 e. The van der Waals surface area contributed by atoms with Crippen LogP contribution in [-0.2, 0) is 0 Å². The van der Waals surface area contributed by atoms with E-state index in [1.807, 2.05) is 13.8 Å². The van der Waals surface area contributed by atoms with Crippen molar-refractivity contribution in [2.24, 2.45) is 11.7 Å². The first-order chi connectivity index (χ1) is 8.47. The summed E-state index contributed by atoms with van der Waals surface area (Å²) in [5.41, 5.74) is 5.72. The Morgan fingerprint density at radius 3 is 2.72 bits per heavy atom. The molecule has 0 radical (unpaired) electrons. The van der Waals surface area contributed by atoms with Gasteiger partial charge >= 0.3 is 0 Å². The van der Waals surface area contributed by atoms with Crippen molar-refractivity contribution in [1.29, 1.82) is 0 Å². The molecule has 0 saturated carbocycles. The van der Waals surface area contributed by atoms with Crippen LogP contribution in [0.4, 0.5) is 4.39 Å². The molecule has 0 fully saturated rings. The first-order valence-electron chi connectivity index (χ1n) is 5.83. The summed E-state index contributed by atoms with van der Waals surface area (Å²) in [6.45, 7) is 4.22. The average molecular weight is 254 g/mol. The molecule has 1 rings (SSSR count). The van der Waals surface area contributed by atoms with Crippen molar-refractivity contribution in [1.82, 2.24) is 5.32 Å². The fourth-order valence-electron chi connectivity index (χ4n) is 1.43. The lowest BCUT2D eigenvalue weighted by atomic mass is 10.1. The van der Waals surface area contributed by atoms with Gasteiger partial charge in [-0.05, 0) is 18.1 Å². The molecule has 0 heterocycles. The monoisotopic (exact) mass is 254 g/mol.